The third kappa shape index (κ3) is 4.40. The Labute approximate surface area is 113 Å². The lowest BCUT2D eigenvalue weighted by molar-refractivity contribution is -0.139. The van der Waals surface area contributed by atoms with E-state index >= 15 is 0 Å². The second-order valence-electron chi connectivity index (χ2n) is 3.39. The van der Waals surface area contributed by atoms with Crippen LogP contribution < -0.4 is 5.32 Å². The number of carboxylic acids is 1. The molecule has 2 N–H and O–H groups in total. The van der Waals surface area contributed by atoms with E-state index in [1.54, 1.807) is 24.3 Å². The Bertz CT molecular complexity index is 425. The molecule has 0 saturated heterocycles. The number of hydrogen-bond acceptors (Lipinski definition) is 3. The van der Waals surface area contributed by atoms with Crippen LogP contribution in [-0.2, 0) is 4.79 Å². The Hall–Kier alpha value is -1.01. The third-order valence-corrected chi connectivity index (χ3v) is 2.86. The number of carbonyl (C=O) groups excluding carboxylic acids is 1. The minimum Gasteiger partial charge on any atom is -0.480 e. The van der Waals surface area contributed by atoms with Gasteiger partial charge in [-0.05, 0) is 30.4 Å². The van der Waals surface area contributed by atoms with Crippen molar-refractivity contribution in [3.63, 3.8) is 0 Å². The van der Waals surface area contributed by atoms with Gasteiger partial charge in [-0.25, -0.2) is 4.79 Å². The predicted octanol–water partition coefficient (Wildman–Crippen LogP) is 1.95. The molecule has 4 nitrogen and oxygen atoms in total. The molecule has 1 amide bonds. The van der Waals surface area contributed by atoms with Crippen LogP contribution in [0.2, 0.25) is 0 Å². The average Bonchev–Trinajstić information content (AvgIpc) is 2.28. The Kier molecular flexibility index (Phi) is 5.50. The second-order valence-corrected chi connectivity index (χ2v) is 4.75. The summed E-state index contributed by atoms with van der Waals surface area (Å²) in [4.78, 5) is 22.6. The summed E-state index contributed by atoms with van der Waals surface area (Å²) in [5.74, 6) is -1.06. The Morgan fingerprint density at radius 1 is 1.47 bits per heavy atom. The van der Waals surface area contributed by atoms with Crippen LogP contribution in [0.5, 0.6) is 0 Å². The average molecular weight is 318 g/mol. The minimum absolute atomic E-state index is 0.290. The van der Waals surface area contributed by atoms with Crippen LogP contribution in [0.4, 0.5) is 0 Å². The number of hydrogen-bond donors (Lipinski definition) is 3. The van der Waals surface area contributed by atoms with E-state index in [1.807, 2.05) is 0 Å². The summed E-state index contributed by atoms with van der Waals surface area (Å²) in [5.41, 5.74) is 0.421. The molecule has 0 aliphatic carbocycles. The molecule has 6 heteroatoms. The molecule has 0 aliphatic rings. The van der Waals surface area contributed by atoms with Crippen molar-refractivity contribution < 1.29 is 14.7 Å². The zero-order valence-corrected chi connectivity index (χ0v) is 11.4. The molecule has 0 spiro atoms. The zero-order valence-electron chi connectivity index (χ0n) is 8.89. The molecule has 0 saturated carbocycles. The molecule has 92 valence electrons. The highest BCUT2D eigenvalue weighted by molar-refractivity contribution is 9.10. The molecule has 1 rings (SSSR count). The van der Waals surface area contributed by atoms with E-state index in [2.05, 4.69) is 33.9 Å². The van der Waals surface area contributed by atoms with Crippen molar-refractivity contribution in [1.29, 1.82) is 0 Å². The standard InChI is InChI=1S/C11H12BrNO3S/c12-8-3-1-2-7(6-8)10(14)13-9(4-5-17)11(15)16/h1-3,6,9,17H,4-5H2,(H,13,14)(H,15,16). The highest BCUT2D eigenvalue weighted by Crippen LogP contribution is 2.11. The summed E-state index contributed by atoms with van der Waals surface area (Å²) in [6.45, 7) is 0. The van der Waals surface area contributed by atoms with Crippen LogP contribution in [0.25, 0.3) is 0 Å². The van der Waals surface area contributed by atoms with E-state index in [1.165, 1.54) is 0 Å². The molecule has 0 heterocycles. The van der Waals surface area contributed by atoms with Gasteiger partial charge in [0, 0.05) is 10.0 Å². The smallest absolute Gasteiger partial charge is 0.326 e. The van der Waals surface area contributed by atoms with Gasteiger partial charge in [0.15, 0.2) is 0 Å². The van der Waals surface area contributed by atoms with Crippen molar-refractivity contribution in [2.45, 2.75) is 12.5 Å². The van der Waals surface area contributed by atoms with Gasteiger partial charge < -0.3 is 10.4 Å². The van der Waals surface area contributed by atoms with E-state index in [4.69, 9.17) is 5.11 Å². The number of amides is 1. The lowest BCUT2D eigenvalue weighted by atomic mass is 10.1. The van der Waals surface area contributed by atoms with Crippen molar-refractivity contribution >= 4 is 40.4 Å². The first-order chi connectivity index (χ1) is 8.04. The molecular weight excluding hydrogens is 306 g/mol. The van der Waals surface area contributed by atoms with Crippen molar-refractivity contribution in [3.05, 3.63) is 34.3 Å². The fourth-order valence-corrected chi connectivity index (χ4v) is 1.92. The first-order valence-corrected chi connectivity index (χ1v) is 6.37. The van der Waals surface area contributed by atoms with Crippen molar-refractivity contribution in [2.75, 3.05) is 5.75 Å². The van der Waals surface area contributed by atoms with Gasteiger partial charge in [-0.1, -0.05) is 22.0 Å². The predicted molar refractivity (Wildman–Crippen MR) is 71.5 cm³/mol. The monoisotopic (exact) mass is 317 g/mol. The van der Waals surface area contributed by atoms with E-state index in [0.717, 1.165) is 4.47 Å². The molecular formula is C11H12BrNO3S. The number of aliphatic carboxylic acids is 1. The zero-order chi connectivity index (χ0) is 12.8. The number of carboxylic acid groups (broad SMARTS) is 1. The van der Waals surface area contributed by atoms with E-state index in [-0.39, 0.29) is 6.42 Å². The molecule has 0 bridgehead atoms. The van der Waals surface area contributed by atoms with Crippen LogP contribution in [-0.4, -0.2) is 28.8 Å². The minimum atomic E-state index is -1.05. The largest absolute Gasteiger partial charge is 0.480 e. The fourth-order valence-electron chi connectivity index (χ4n) is 1.26. The summed E-state index contributed by atoms with van der Waals surface area (Å²) in [7, 11) is 0. The molecule has 0 radical (unpaired) electrons. The van der Waals surface area contributed by atoms with E-state index < -0.39 is 17.9 Å². The van der Waals surface area contributed by atoms with E-state index in [9.17, 15) is 9.59 Å². The first kappa shape index (κ1) is 14.1. The fraction of sp³-hybridized carbons (Fsp3) is 0.273. The molecule has 1 aromatic carbocycles. The van der Waals surface area contributed by atoms with Crippen molar-refractivity contribution in [3.8, 4) is 0 Å². The lowest BCUT2D eigenvalue weighted by Crippen LogP contribution is -2.41. The summed E-state index contributed by atoms with van der Waals surface area (Å²) < 4.78 is 0.770. The molecule has 1 aromatic rings. The molecule has 0 aliphatic heterocycles. The molecule has 1 atom stereocenters. The van der Waals surface area contributed by atoms with Gasteiger partial charge in [0.1, 0.15) is 6.04 Å². The molecule has 17 heavy (non-hydrogen) atoms. The van der Waals surface area contributed by atoms with Gasteiger partial charge in [0.2, 0.25) is 0 Å². The maximum absolute atomic E-state index is 11.8. The van der Waals surface area contributed by atoms with Crippen LogP contribution >= 0.6 is 28.6 Å². The number of halogens is 1. The summed E-state index contributed by atoms with van der Waals surface area (Å²) >= 11 is 7.21. The first-order valence-electron chi connectivity index (χ1n) is 4.94. The topological polar surface area (TPSA) is 66.4 Å². The van der Waals surface area contributed by atoms with Crippen LogP contribution in [0.15, 0.2) is 28.7 Å². The Balaban J connectivity index is 2.73. The molecule has 0 fully saturated rings. The van der Waals surface area contributed by atoms with Gasteiger partial charge in [-0.3, -0.25) is 4.79 Å². The number of carbonyl (C=O) groups is 2. The Morgan fingerprint density at radius 2 is 2.18 bits per heavy atom. The SMILES string of the molecule is O=C(NC(CCS)C(=O)O)c1cccc(Br)c1. The quantitative estimate of drug-likeness (QED) is 0.727. The molecule has 1 unspecified atom stereocenters. The highest BCUT2D eigenvalue weighted by atomic mass is 79.9. The van der Waals surface area contributed by atoms with Crippen molar-refractivity contribution in [1.82, 2.24) is 5.32 Å². The van der Waals surface area contributed by atoms with Gasteiger partial charge >= 0.3 is 5.97 Å². The Morgan fingerprint density at radius 3 is 2.71 bits per heavy atom. The molecule has 0 aromatic heterocycles. The van der Waals surface area contributed by atoms with Crippen LogP contribution in [0.3, 0.4) is 0 Å². The van der Waals surface area contributed by atoms with Gasteiger partial charge in [-0.15, -0.1) is 0 Å². The number of nitrogens with one attached hydrogen (secondary N) is 1. The summed E-state index contributed by atoms with van der Waals surface area (Å²) in [6, 6.07) is 5.86. The third-order valence-electron chi connectivity index (χ3n) is 2.11. The number of rotatable bonds is 5. The van der Waals surface area contributed by atoms with Gasteiger partial charge in [-0.2, -0.15) is 12.6 Å². The summed E-state index contributed by atoms with van der Waals surface area (Å²) in [6.07, 6.45) is 0.290. The maximum Gasteiger partial charge on any atom is 0.326 e. The normalized spacial score (nSPS) is 11.9. The van der Waals surface area contributed by atoms with Crippen molar-refractivity contribution in [2.24, 2.45) is 0 Å². The number of thiol groups is 1. The van der Waals surface area contributed by atoms with Crippen LogP contribution in [0, 0.1) is 0 Å². The van der Waals surface area contributed by atoms with Gasteiger partial charge in [0.25, 0.3) is 5.91 Å². The second kappa shape index (κ2) is 6.66. The number of benzene rings is 1. The van der Waals surface area contributed by atoms with Crippen LogP contribution in [0.1, 0.15) is 16.8 Å². The van der Waals surface area contributed by atoms with Gasteiger partial charge in [0.05, 0.1) is 0 Å². The lowest BCUT2D eigenvalue weighted by Gasteiger charge is -2.13. The highest BCUT2D eigenvalue weighted by Gasteiger charge is 2.19. The van der Waals surface area contributed by atoms with E-state index in [0.29, 0.717) is 11.3 Å². The maximum atomic E-state index is 11.8. The summed E-state index contributed by atoms with van der Waals surface area (Å²) in [5, 5.41) is 11.3.